The smallest absolute Gasteiger partial charge is 0.251 e. The molecular weight excluding hydrogens is 431 g/mol. The molecule has 0 fully saturated rings. The van der Waals surface area contributed by atoms with Crippen molar-refractivity contribution in [1.29, 1.82) is 0 Å². The van der Waals surface area contributed by atoms with Gasteiger partial charge in [0.2, 0.25) is 5.91 Å². The molecule has 2 aromatic carbocycles. The lowest BCUT2D eigenvalue weighted by Crippen LogP contribution is -2.50. The fourth-order valence-electron chi connectivity index (χ4n) is 4.05. The maximum absolute atomic E-state index is 13.8. The molecule has 0 spiro atoms. The molecule has 0 unspecified atom stereocenters. The number of allylic oxidation sites excluding steroid dienone is 4. The van der Waals surface area contributed by atoms with Crippen LogP contribution in [0, 0.1) is 6.92 Å². The van der Waals surface area contributed by atoms with Crippen LogP contribution in [0.1, 0.15) is 34.5 Å². The average Bonchev–Trinajstić information content (AvgIpc) is 3.19. The van der Waals surface area contributed by atoms with Gasteiger partial charge in [-0.1, -0.05) is 55.1 Å². The first-order chi connectivity index (χ1) is 16.4. The Morgan fingerprint density at radius 2 is 1.76 bits per heavy atom. The van der Waals surface area contributed by atoms with E-state index in [1.807, 2.05) is 43.3 Å². The van der Waals surface area contributed by atoms with Gasteiger partial charge < -0.3 is 10.6 Å². The predicted octanol–water partition coefficient (Wildman–Crippen LogP) is 5.00. The highest BCUT2D eigenvalue weighted by Crippen LogP contribution is 2.40. The van der Waals surface area contributed by atoms with Crippen molar-refractivity contribution >= 4 is 17.6 Å². The van der Waals surface area contributed by atoms with E-state index in [-0.39, 0.29) is 0 Å². The average molecular weight is 457 g/mol. The van der Waals surface area contributed by atoms with Crippen LogP contribution in [-0.2, 0) is 4.79 Å². The molecular formula is C27H25FN4O2. The minimum atomic E-state index is -0.960. The van der Waals surface area contributed by atoms with E-state index < -0.39 is 29.6 Å². The molecule has 34 heavy (non-hydrogen) atoms. The van der Waals surface area contributed by atoms with Crippen molar-refractivity contribution in [3.05, 3.63) is 114 Å². The Hall–Kier alpha value is -4.26. The summed E-state index contributed by atoms with van der Waals surface area (Å²) in [4.78, 5) is 26.2. The highest BCUT2D eigenvalue weighted by molar-refractivity contribution is 6.04. The quantitative estimate of drug-likeness (QED) is 0.513. The molecule has 7 heteroatoms. The van der Waals surface area contributed by atoms with Crippen molar-refractivity contribution in [2.24, 2.45) is 0 Å². The van der Waals surface area contributed by atoms with Crippen LogP contribution < -0.4 is 10.6 Å². The number of carbonyl (C=O) groups is 2. The van der Waals surface area contributed by atoms with E-state index in [4.69, 9.17) is 0 Å². The second kappa shape index (κ2) is 9.70. The van der Waals surface area contributed by atoms with Gasteiger partial charge in [0.25, 0.3) is 5.91 Å². The van der Waals surface area contributed by atoms with Crippen molar-refractivity contribution in [3.8, 4) is 5.69 Å². The van der Waals surface area contributed by atoms with E-state index >= 15 is 0 Å². The van der Waals surface area contributed by atoms with Crippen molar-refractivity contribution < 1.29 is 14.0 Å². The van der Waals surface area contributed by atoms with E-state index in [0.29, 0.717) is 22.6 Å². The van der Waals surface area contributed by atoms with Crippen molar-refractivity contribution in [3.63, 3.8) is 0 Å². The van der Waals surface area contributed by atoms with Crippen LogP contribution in [0.15, 0.2) is 96.9 Å². The summed E-state index contributed by atoms with van der Waals surface area (Å²) in [6.07, 6.45) is 4.15. The number of nitrogens with one attached hydrogen (secondary N) is 2. The van der Waals surface area contributed by atoms with Gasteiger partial charge in [-0.05, 0) is 49.8 Å². The number of carbonyl (C=O) groups excluding carboxylic acids is 2. The van der Waals surface area contributed by atoms with Gasteiger partial charge >= 0.3 is 0 Å². The zero-order chi connectivity index (χ0) is 24.2. The first-order valence-electron chi connectivity index (χ1n) is 10.9. The lowest BCUT2D eigenvalue weighted by atomic mass is 9.81. The first kappa shape index (κ1) is 22.9. The van der Waals surface area contributed by atoms with Gasteiger partial charge in [-0.25, -0.2) is 9.07 Å². The minimum Gasteiger partial charge on any atom is -0.339 e. The van der Waals surface area contributed by atoms with Crippen LogP contribution >= 0.6 is 0 Å². The number of aromatic nitrogens is 2. The molecule has 0 saturated heterocycles. The van der Waals surface area contributed by atoms with Crippen LogP contribution in [0.25, 0.3) is 5.69 Å². The molecule has 0 aliphatic carbocycles. The van der Waals surface area contributed by atoms with Crippen molar-refractivity contribution in [1.82, 2.24) is 15.1 Å². The molecule has 6 nitrogen and oxygen atoms in total. The summed E-state index contributed by atoms with van der Waals surface area (Å²) in [5.41, 5.74) is 3.07. The molecule has 0 bridgehead atoms. The summed E-state index contributed by atoms with van der Waals surface area (Å²) >= 11 is 0. The number of halogens is 1. The summed E-state index contributed by atoms with van der Waals surface area (Å²) in [7, 11) is 0. The minimum absolute atomic E-state index is 0.390. The first-order valence-corrected chi connectivity index (χ1v) is 10.9. The lowest BCUT2D eigenvalue weighted by molar-refractivity contribution is -0.118. The monoisotopic (exact) mass is 456 g/mol. The summed E-state index contributed by atoms with van der Waals surface area (Å²) < 4.78 is 15.5. The molecule has 2 amide bonds. The maximum Gasteiger partial charge on any atom is 0.251 e. The number of anilines is 1. The Morgan fingerprint density at radius 1 is 1.12 bits per heavy atom. The van der Waals surface area contributed by atoms with E-state index in [0.717, 1.165) is 11.3 Å². The fourth-order valence-corrected chi connectivity index (χ4v) is 4.05. The van der Waals surface area contributed by atoms with Crippen LogP contribution in [-0.4, -0.2) is 27.6 Å². The number of hydrogen-bond acceptors (Lipinski definition) is 3. The third-order valence-corrected chi connectivity index (χ3v) is 5.73. The number of benzene rings is 2. The zero-order valence-electron chi connectivity index (χ0n) is 19.0. The number of aryl methyl sites for hydroxylation is 1. The van der Waals surface area contributed by atoms with E-state index in [2.05, 4.69) is 22.3 Å². The maximum atomic E-state index is 13.8. The molecule has 0 radical (unpaired) electrons. The number of rotatable bonds is 6. The van der Waals surface area contributed by atoms with Crippen LogP contribution in [0.4, 0.5) is 10.2 Å². The molecule has 1 aromatic heterocycles. The lowest BCUT2D eigenvalue weighted by Gasteiger charge is -2.33. The Kier molecular flexibility index (Phi) is 6.54. The summed E-state index contributed by atoms with van der Waals surface area (Å²) in [6, 6.07) is 17.1. The van der Waals surface area contributed by atoms with Gasteiger partial charge in [0.15, 0.2) is 0 Å². The zero-order valence-corrected chi connectivity index (χ0v) is 19.0. The van der Waals surface area contributed by atoms with Crippen LogP contribution in [0.5, 0.6) is 0 Å². The molecule has 2 N–H and O–H groups in total. The highest BCUT2D eigenvalue weighted by Gasteiger charge is 2.41. The van der Waals surface area contributed by atoms with Crippen molar-refractivity contribution in [2.45, 2.75) is 25.8 Å². The van der Waals surface area contributed by atoms with Crippen LogP contribution in [0.2, 0.25) is 0 Å². The number of fused-ring (bicyclic) bond motifs is 1. The van der Waals surface area contributed by atoms with Gasteiger partial charge in [0.1, 0.15) is 17.7 Å². The van der Waals surface area contributed by atoms with E-state index in [1.165, 1.54) is 18.2 Å². The summed E-state index contributed by atoms with van der Waals surface area (Å²) in [5, 5.41) is 10.4. The van der Waals surface area contributed by atoms with E-state index in [1.54, 1.807) is 35.9 Å². The number of nitrogens with zero attached hydrogens (tertiary/aromatic N) is 2. The SMILES string of the molecule is C=C(/C=C\C(F)=C/C)[C@H]1c2c(C)nn(-c3ccccc3)c2NC(=O)[C@@H]1NC(=O)c1ccccc1. The molecule has 1 aliphatic rings. The van der Waals surface area contributed by atoms with Gasteiger partial charge in [-0.3, -0.25) is 9.59 Å². The second-order valence-corrected chi connectivity index (χ2v) is 7.96. The second-order valence-electron chi connectivity index (χ2n) is 7.96. The summed E-state index contributed by atoms with van der Waals surface area (Å²) in [5.74, 6) is -1.36. The van der Waals surface area contributed by atoms with Gasteiger partial charge in [0, 0.05) is 17.0 Å². The molecule has 2 heterocycles. The highest BCUT2D eigenvalue weighted by atomic mass is 19.1. The Morgan fingerprint density at radius 3 is 2.41 bits per heavy atom. The van der Waals surface area contributed by atoms with E-state index in [9.17, 15) is 14.0 Å². The van der Waals surface area contributed by atoms with Crippen molar-refractivity contribution in [2.75, 3.05) is 5.32 Å². The molecule has 0 saturated carbocycles. The van der Waals surface area contributed by atoms with Crippen LogP contribution in [0.3, 0.4) is 0 Å². The Bertz CT molecular complexity index is 1290. The normalized spacial score (nSPS) is 17.9. The molecule has 1 aliphatic heterocycles. The predicted molar refractivity (Wildman–Crippen MR) is 131 cm³/mol. The molecule has 2 atom stereocenters. The van der Waals surface area contributed by atoms with Gasteiger partial charge in [-0.15, -0.1) is 0 Å². The molecule has 172 valence electrons. The topological polar surface area (TPSA) is 76.0 Å². The third-order valence-electron chi connectivity index (χ3n) is 5.73. The summed E-state index contributed by atoms with van der Waals surface area (Å²) in [6.45, 7) is 7.55. The Labute approximate surface area is 197 Å². The van der Waals surface area contributed by atoms with Gasteiger partial charge in [0.05, 0.1) is 11.4 Å². The Balaban J connectivity index is 1.80. The largest absolute Gasteiger partial charge is 0.339 e. The number of amides is 2. The standard InChI is InChI=1S/C27H25FN4O2/c1-4-20(28)16-15-17(2)22-23-18(3)31-32(21-13-9-6-10-14-21)25(23)30-27(34)24(22)29-26(33)19-11-7-5-8-12-19/h4-16,22,24H,2H2,1,3H3,(H,29,33)(H,30,34)/b16-15-,20-4+/t22-,24+/m0/s1. The third kappa shape index (κ3) is 4.45. The fraction of sp³-hybridized carbons (Fsp3) is 0.148. The number of para-hydroxylation sites is 1. The number of hydrogen-bond donors (Lipinski definition) is 2. The molecule has 3 aromatic rings. The molecule has 4 rings (SSSR count). The van der Waals surface area contributed by atoms with Gasteiger partial charge in [-0.2, -0.15) is 5.10 Å².